The zero-order chi connectivity index (χ0) is 23.3. The highest BCUT2D eigenvalue weighted by atomic mass is 16.6. The molecule has 1 fully saturated rings. The van der Waals surface area contributed by atoms with Gasteiger partial charge < -0.3 is 14.3 Å². The van der Waals surface area contributed by atoms with E-state index < -0.39 is 42.0 Å². The van der Waals surface area contributed by atoms with Crippen molar-refractivity contribution < 1.29 is 38.4 Å². The van der Waals surface area contributed by atoms with Gasteiger partial charge in [-0.15, -0.1) is 0 Å². The number of benzene rings is 1. The molecule has 0 aliphatic carbocycles. The maximum Gasteiger partial charge on any atom is 0.350 e. The molecule has 0 saturated carbocycles. The molecule has 3 rings (SSSR count). The van der Waals surface area contributed by atoms with Crippen molar-refractivity contribution in [3.63, 3.8) is 0 Å². The van der Waals surface area contributed by atoms with Crippen LogP contribution in [0, 0.1) is 10.1 Å². The van der Waals surface area contributed by atoms with Crippen LogP contribution in [0.5, 0.6) is 0 Å². The molecule has 166 valence electrons. The molecule has 13 nitrogen and oxygen atoms in total. The van der Waals surface area contributed by atoms with Crippen LogP contribution in [0.25, 0.3) is 11.3 Å². The van der Waals surface area contributed by atoms with E-state index in [0.29, 0.717) is 16.2 Å². The first-order valence-corrected chi connectivity index (χ1v) is 9.12. The molecule has 1 saturated heterocycles. The van der Waals surface area contributed by atoms with E-state index in [4.69, 9.17) is 14.3 Å². The van der Waals surface area contributed by atoms with Gasteiger partial charge >= 0.3 is 18.0 Å². The number of ether oxygens (including phenoxy) is 1. The summed E-state index contributed by atoms with van der Waals surface area (Å²) in [5, 5.41) is 24.0. The SMILES string of the molecule is O=C(O)CCC(=O)OCN1C(=O)CN(/N=C/c2ccc(-c3ccc([N+](=O)[O-])cc3)o2)C1=O. The zero-order valence-corrected chi connectivity index (χ0v) is 16.4. The number of nitrogens with zero attached hydrogens (tertiary/aromatic N) is 4. The largest absolute Gasteiger partial charge is 0.481 e. The average Bonchev–Trinajstić information content (AvgIpc) is 3.34. The van der Waals surface area contributed by atoms with Gasteiger partial charge in [0.25, 0.3) is 11.6 Å². The van der Waals surface area contributed by atoms with Gasteiger partial charge in [0.05, 0.1) is 24.0 Å². The normalized spacial score (nSPS) is 13.8. The maximum absolute atomic E-state index is 12.3. The summed E-state index contributed by atoms with van der Waals surface area (Å²) in [7, 11) is 0. The number of hydrogen-bond acceptors (Lipinski definition) is 9. The highest BCUT2D eigenvalue weighted by molar-refractivity contribution is 6.02. The summed E-state index contributed by atoms with van der Waals surface area (Å²) >= 11 is 0. The van der Waals surface area contributed by atoms with E-state index in [1.807, 2.05) is 0 Å². The van der Waals surface area contributed by atoms with Crippen LogP contribution in [-0.2, 0) is 19.1 Å². The van der Waals surface area contributed by atoms with Crippen molar-refractivity contribution in [1.29, 1.82) is 0 Å². The van der Waals surface area contributed by atoms with Crippen LogP contribution in [0.1, 0.15) is 18.6 Å². The third-order valence-electron chi connectivity index (χ3n) is 4.25. The van der Waals surface area contributed by atoms with Crippen molar-refractivity contribution in [2.75, 3.05) is 13.3 Å². The van der Waals surface area contributed by atoms with Crippen molar-refractivity contribution in [1.82, 2.24) is 9.91 Å². The van der Waals surface area contributed by atoms with Gasteiger partial charge in [-0.2, -0.15) is 5.10 Å². The summed E-state index contributed by atoms with van der Waals surface area (Å²) in [6.45, 7) is -1.02. The number of carboxylic acids is 1. The zero-order valence-electron chi connectivity index (χ0n) is 16.4. The van der Waals surface area contributed by atoms with E-state index in [9.17, 15) is 29.3 Å². The Hall–Kier alpha value is -4.55. The van der Waals surface area contributed by atoms with E-state index >= 15 is 0 Å². The van der Waals surface area contributed by atoms with E-state index in [1.54, 1.807) is 12.1 Å². The molecule has 0 atom stereocenters. The molecule has 3 amide bonds. The minimum atomic E-state index is -1.18. The van der Waals surface area contributed by atoms with Gasteiger partial charge in [0.1, 0.15) is 18.1 Å². The number of esters is 1. The van der Waals surface area contributed by atoms with Crippen LogP contribution < -0.4 is 0 Å². The molecule has 1 N–H and O–H groups in total. The number of hydrogen-bond donors (Lipinski definition) is 1. The second kappa shape index (κ2) is 9.51. The Balaban J connectivity index is 1.58. The van der Waals surface area contributed by atoms with Gasteiger partial charge in [0, 0.05) is 17.7 Å². The molecule has 0 radical (unpaired) electrons. The van der Waals surface area contributed by atoms with Crippen molar-refractivity contribution in [3.05, 3.63) is 52.3 Å². The van der Waals surface area contributed by atoms with Crippen molar-refractivity contribution in [3.8, 4) is 11.3 Å². The van der Waals surface area contributed by atoms with Gasteiger partial charge in [-0.3, -0.25) is 24.5 Å². The number of non-ortho nitro benzene ring substituents is 1. The number of urea groups is 1. The Bertz CT molecular complexity index is 1090. The summed E-state index contributed by atoms with van der Waals surface area (Å²) in [6, 6.07) is 8.07. The second-order valence-corrected chi connectivity index (χ2v) is 6.45. The van der Waals surface area contributed by atoms with Crippen LogP contribution in [0.2, 0.25) is 0 Å². The lowest BCUT2D eigenvalue weighted by atomic mass is 10.1. The molecule has 1 aromatic carbocycles. The van der Waals surface area contributed by atoms with Crippen LogP contribution in [0.3, 0.4) is 0 Å². The fraction of sp³-hybridized carbons (Fsp3) is 0.211. The Kier molecular flexibility index (Phi) is 6.58. The third kappa shape index (κ3) is 5.33. The minimum Gasteiger partial charge on any atom is -0.481 e. The van der Waals surface area contributed by atoms with Crippen LogP contribution in [0.15, 0.2) is 45.9 Å². The number of aliphatic carboxylic acids is 1. The minimum absolute atomic E-state index is 0.0589. The van der Waals surface area contributed by atoms with Crippen molar-refractivity contribution >= 4 is 35.8 Å². The number of amides is 3. The number of carbonyl (C=O) groups excluding carboxylic acids is 3. The molecular formula is C19H16N4O9. The molecule has 0 unspecified atom stereocenters. The number of imide groups is 1. The molecule has 2 aromatic rings. The fourth-order valence-electron chi connectivity index (χ4n) is 2.61. The lowest BCUT2D eigenvalue weighted by Crippen LogP contribution is -2.34. The van der Waals surface area contributed by atoms with Gasteiger partial charge in [-0.25, -0.2) is 14.7 Å². The van der Waals surface area contributed by atoms with Gasteiger partial charge in [-0.1, -0.05) is 0 Å². The van der Waals surface area contributed by atoms with Crippen LogP contribution in [0.4, 0.5) is 10.5 Å². The molecular weight excluding hydrogens is 428 g/mol. The topological polar surface area (TPSA) is 173 Å². The lowest BCUT2D eigenvalue weighted by molar-refractivity contribution is -0.384. The first kappa shape index (κ1) is 22.1. The highest BCUT2D eigenvalue weighted by Crippen LogP contribution is 2.24. The van der Waals surface area contributed by atoms with E-state index in [1.165, 1.54) is 30.5 Å². The maximum atomic E-state index is 12.3. The van der Waals surface area contributed by atoms with E-state index in [0.717, 1.165) is 5.01 Å². The lowest BCUT2D eigenvalue weighted by Gasteiger charge is -2.13. The Labute approximate surface area is 179 Å². The fourth-order valence-corrected chi connectivity index (χ4v) is 2.61. The Morgan fingerprint density at radius 1 is 1.19 bits per heavy atom. The Morgan fingerprint density at radius 3 is 2.56 bits per heavy atom. The predicted molar refractivity (Wildman–Crippen MR) is 105 cm³/mol. The van der Waals surface area contributed by atoms with Crippen molar-refractivity contribution in [2.45, 2.75) is 12.8 Å². The summed E-state index contributed by atoms with van der Waals surface area (Å²) in [4.78, 5) is 57.0. The third-order valence-corrected chi connectivity index (χ3v) is 4.25. The smallest absolute Gasteiger partial charge is 0.350 e. The van der Waals surface area contributed by atoms with Gasteiger partial charge in [0.15, 0.2) is 6.73 Å². The molecule has 2 heterocycles. The predicted octanol–water partition coefficient (Wildman–Crippen LogP) is 1.82. The summed E-state index contributed by atoms with van der Waals surface area (Å²) in [6.07, 6.45) is 0.396. The number of nitro benzene ring substituents is 1. The molecule has 1 aliphatic rings. The van der Waals surface area contributed by atoms with Gasteiger partial charge in [0.2, 0.25) is 0 Å². The summed E-state index contributed by atoms with van der Waals surface area (Å²) in [5.74, 6) is -2.00. The van der Waals surface area contributed by atoms with Crippen LogP contribution >= 0.6 is 0 Å². The Morgan fingerprint density at radius 2 is 1.91 bits per heavy atom. The number of carboxylic acid groups (broad SMARTS) is 1. The van der Waals surface area contributed by atoms with E-state index in [2.05, 4.69) is 5.10 Å². The number of hydrazone groups is 1. The standard InChI is InChI=1S/C19H16N4O9/c24-16-10-22(19(28)21(16)11-31-18(27)8-7-17(25)26)20-9-14-5-6-15(32-14)12-1-3-13(4-2-12)23(29)30/h1-6,9H,7-8,10-11H2,(H,25,26)/b20-9+. The quantitative estimate of drug-likeness (QED) is 0.199. The molecule has 0 spiro atoms. The molecule has 0 bridgehead atoms. The van der Waals surface area contributed by atoms with Crippen LogP contribution in [-0.4, -0.2) is 63.3 Å². The van der Waals surface area contributed by atoms with Gasteiger partial charge in [-0.05, 0) is 24.3 Å². The molecule has 32 heavy (non-hydrogen) atoms. The number of furan rings is 1. The second-order valence-electron chi connectivity index (χ2n) is 6.45. The van der Waals surface area contributed by atoms with E-state index in [-0.39, 0.29) is 24.4 Å². The summed E-state index contributed by atoms with van der Waals surface area (Å²) < 4.78 is 10.3. The number of carbonyl (C=O) groups is 4. The number of nitro groups is 1. The number of rotatable bonds is 9. The molecule has 13 heteroatoms. The highest BCUT2D eigenvalue weighted by Gasteiger charge is 2.36. The molecule has 1 aromatic heterocycles. The molecule has 1 aliphatic heterocycles. The monoisotopic (exact) mass is 444 g/mol. The summed E-state index contributed by atoms with van der Waals surface area (Å²) in [5.41, 5.74) is 0.537. The average molecular weight is 444 g/mol. The van der Waals surface area contributed by atoms with Crippen molar-refractivity contribution in [2.24, 2.45) is 5.10 Å². The first-order valence-electron chi connectivity index (χ1n) is 9.12. The first-order chi connectivity index (χ1) is 15.2.